The van der Waals surface area contributed by atoms with Gasteiger partial charge in [0.1, 0.15) is 11.0 Å². The molecule has 1 fully saturated rings. The Balaban J connectivity index is 1.28. The molecule has 0 aliphatic carbocycles. The van der Waals surface area contributed by atoms with E-state index in [2.05, 4.69) is 45.5 Å². The summed E-state index contributed by atoms with van der Waals surface area (Å²) in [5.41, 5.74) is 3.16. The fourth-order valence-corrected chi connectivity index (χ4v) is 5.38. The SMILES string of the molecule is COCCCNC(=O)c1ccc(CSc2nc(Cl)cc(N3CCC(Cc4ccccc4)CC3)n2)cc1. The largest absolute Gasteiger partial charge is 0.385 e. The van der Waals surface area contributed by atoms with E-state index in [1.165, 1.54) is 5.56 Å². The van der Waals surface area contributed by atoms with Crippen molar-refractivity contribution in [2.45, 2.75) is 36.6 Å². The minimum atomic E-state index is -0.0688. The molecule has 190 valence electrons. The Morgan fingerprint density at radius 1 is 1.08 bits per heavy atom. The van der Waals surface area contributed by atoms with Crippen LogP contribution in [0.5, 0.6) is 0 Å². The Morgan fingerprint density at radius 3 is 2.56 bits per heavy atom. The predicted octanol–water partition coefficient (Wildman–Crippen LogP) is 5.65. The highest BCUT2D eigenvalue weighted by atomic mass is 35.5. The second-order valence-corrected chi connectivity index (χ2v) is 10.4. The molecule has 1 N–H and O–H groups in total. The van der Waals surface area contributed by atoms with Crippen LogP contribution in [0.15, 0.2) is 65.8 Å². The van der Waals surface area contributed by atoms with E-state index >= 15 is 0 Å². The van der Waals surface area contributed by atoms with Crippen LogP contribution < -0.4 is 10.2 Å². The van der Waals surface area contributed by atoms with E-state index < -0.39 is 0 Å². The van der Waals surface area contributed by atoms with E-state index in [-0.39, 0.29) is 5.91 Å². The van der Waals surface area contributed by atoms with E-state index in [0.29, 0.717) is 40.7 Å². The normalized spacial score (nSPS) is 14.1. The molecule has 0 saturated carbocycles. The third-order valence-electron chi connectivity index (χ3n) is 6.36. The number of hydrogen-bond acceptors (Lipinski definition) is 6. The first-order chi connectivity index (χ1) is 17.6. The van der Waals surface area contributed by atoms with Crippen molar-refractivity contribution in [3.8, 4) is 0 Å². The van der Waals surface area contributed by atoms with Crippen LogP contribution in [0.25, 0.3) is 0 Å². The molecule has 4 rings (SSSR count). The molecule has 6 nitrogen and oxygen atoms in total. The van der Waals surface area contributed by atoms with E-state index in [1.54, 1.807) is 18.9 Å². The van der Waals surface area contributed by atoms with Crippen molar-refractivity contribution in [1.82, 2.24) is 15.3 Å². The topological polar surface area (TPSA) is 67.3 Å². The number of aromatic nitrogens is 2. The standard InChI is InChI=1S/C28H33ClN4O2S/c1-35-17-5-14-30-27(34)24-10-8-23(9-11-24)20-36-28-31-25(29)19-26(32-28)33-15-12-22(13-16-33)18-21-6-3-2-4-7-21/h2-4,6-11,19,22H,5,12-18,20H2,1H3,(H,30,34). The number of amides is 1. The average molecular weight is 525 g/mol. The zero-order valence-electron chi connectivity index (χ0n) is 20.7. The lowest BCUT2D eigenvalue weighted by atomic mass is 9.90. The molecule has 2 heterocycles. The van der Waals surface area contributed by atoms with Crippen LogP contribution in [0, 0.1) is 5.92 Å². The lowest BCUT2D eigenvalue weighted by Gasteiger charge is -2.33. The third-order valence-corrected chi connectivity index (χ3v) is 7.47. The zero-order chi connectivity index (χ0) is 25.2. The van der Waals surface area contributed by atoms with Crippen LogP contribution in [-0.2, 0) is 16.9 Å². The summed E-state index contributed by atoms with van der Waals surface area (Å²) in [7, 11) is 1.66. The van der Waals surface area contributed by atoms with Gasteiger partial charge in [-0.15, -0.1) is 0 Å². The van der Waals surface area contributed by atoms with Gasteiger partial charge in [-0.1, -0.05) is 65.8 Å². The van der Waals surface area contributed by atoms with Crippen LogP contribution in [-0.4, -0.2) is 49.2 Å². The van der Waals surface area contributed by atoms with E-state index in [4.69, 9.17) is 21.3 Å². The van der Waals surface area contributed by atoms with Gasteiger partial charge in [0, 0.05) is 50.7 Å². The van der Waals surface area contributed by atoms with Crippen LogP contribution >= 0.6 is 23.4 Å². The van der Waals surface area contributed by atoms with Gasteiger partial charge in [-0.05, 0) is 54.9 Å². The van der Waals surface area contributed by atoms with Gasteiger partial charge in [0.25, 0.3) is 5.91 Å². The highest BCUT2D eigenvalue weighted by Gasteiger charge is 2.21. The Morgan fingerprint density at radius 2 is 1.83 bits per heavy atom. The number of carbonyl (C=O) groups is 1. The summed E-state index contributed by atoms with van der Waals surface area (Å²) in [5, 5.41) is 4.04. The summed E-state index contributed by atoms with van der Waals surface area (Å²) >= 11 is 7.91. The number of ether oxygens (including phenoxy) is 1. The van der Waals surface area contributed by atoms with Crippen molar-refractivity contribution >= 4 is 35.1 Å². The molecule has 0 radical (unpaired) electrons. The summed E-state index contributed by atoms with van der Waals surface area (Å²) in [4.78, 5) is 23.8. The molecule has 1 aliphatic heterocycles. The molecule has 1 saturated heterocycles. The zero-order valence-corrected chi connectivity index (χ0v) is 22.2. The predicted molar refractivity (Wildman–Crippen MR) is 147 cm³/mol. The van der Waals surface area contributed by atoms with Gasteiger partial charge >= 0.3 is 0 Å². The summed E-state index contributed by atoms with van der Waals surface area (Å²) < 4.78 is 5.01. The van der Waals surface area contributed by atoms with E-state index in [9.17, 15) is 4.79 Å². The first-order valence-electron chi connectivity index (χ1n) is 12.4. The third kappa shape index (κ3) is 7.95. The fourth-order valence-electron chi connectivity index (χ4n) is 4.35. The summed E-state index contributed by atoms with van der Waals surface area (Å²) in [6, 6.07) is 20.2. The Labute approximate surface area is 222 Å². The van der Waals surface area contributed by atoms with Crippen LogP contribution in [0.3, 0.4) is 0 Å². The number of methoxy groups -OCH3 is 1. The molecule has 2 aromatic carbocycles. The quantitative estimate of drug-likeness (QED) is 0.151. The summed E-state index contributed by atoms with van der Waals surface area (Å²) in [6.07, 6.45) is 4.22. The number of rotatable bonds is 11. The van der Waals surface area contributed by atoms with Crippen molar-refractivity contribution in [1.29, 1.82) is 0 Å². The maximum Gasteiger partial charge on any atom is 0.251 e. The molecule has 3 aromatic rings. The number of halogens is 1. The number of thioether (sulfide) groups is 1. The van der Waals surface area contributed by atoms with Gasteiger partial charge < -0.3 is 15.0 Å². The van der Waals surface area contributed by atoms with Crippen molar-refractivity contribution in [3.05, 3.63) is 82.5 Å². The monoisotopic (exact) mass is 524 g/mol. The van der Waals surface area contributed by atoms with Crippen molar-refractivity contribution < 1.29 is 9.53 Å². The maximum atomic E-state index is 12.2. The molecule has 0 spiro atoms. The Hall–Kier alpha value is -2.61. The molecular weight excluding hydrogens is 492 g/mol. The molecule has 0 bridgehead atoms. The van der Waals surface area contributed by atoms with Gasteiger partial charge in [-0.3, -0.25) is 4.79 Å². The molecule has 1 aliphatic rings. The fraction of sp³-hybridized carbons (Fsp3) is 0.393. The number of hydrogen-bond donors (Lipinski definition) is 1. The molecule has 36 heavy (non-hydrogen) atoms. The molecule has 0 unspecified atom stereocenters. The van der Waals surface area contributed by atoms with Gasteiger partial charge in [0.15, 0.2) is 5.16 Å². The molecule has 0 atom stereocenters. The number of carbonyl (C=O) groups excluding carboxylic acids is 1. The van der Waals surface area contributed by atoms with Crippen molar-refractivity contribution in [2.24, 2.45) is 5.92 Å². The summed E-state index contributed by atoms with van der Waals surface area (Å²) in [5.74, 6) is 2.23. The van der Waals surface area contributed by atoms with Crippen LogP contribution in [0.1, 0.15) is 40.7 Å². The smallest absolute Gasteiger partial charge is 0.251 e. The molecule has 1 aromatic heterocycles. The van der Waals surface area contributed by atoms with Crippen molar-refractivity contribution in [2.75, 3.05) is 38.3 Å². The number of nitrogens with zero attached hydrogens (tertiary/aromatic N) is 3. The van der Waals surface area contributed by atoms with Crippen LogP contribution in [0.4, 0.5) is 5.82 Å². The lowest BCUT2D eigenvalue weighted by molar-refractivity contribution is 0.0948. The van der Waals surface area contributed by atoms with Crippen LogP contribution in [0.2, 0.25) is 5.15 Å². The Bertz CT molecular complexity index is 1110. The highest BCUT2D eigenvalue weighted by Crippen LogP contribution is 2.28. The van der Waals surface area contributed by atoms with E-state index in [0.717, 1.165) is 50.2 Å². The highest BCUT2D eigenvalue weighted by molar-refractivity contribution is 7.98. The number of benzene rings is 2. The van der Waals surface area contributed by atoms with Gasteiger partial charge in [0.05, 0.1) is 0 Å². The van der Waals surface area contributed by atoms with Crippen molar-refractivity contribution in [3.63, 3.8) is 0 Å². The second kappa shape index (κ2) is 13.6. The minimum absolute atomic E-state index is 0.0688. The molecule has 1 amide bonds. The van der Waals surface area contributed by atoms with Gasteiger partial charge in [-0.25, -0.2) is 9.97 Å². The molecular formula is C28H33ClN4O2S. The van der Waals surface area contributed by atoms with Gasteiger partial charge in [-0.2, -0.15) is 0 Å². The summed E-state index contributed by atoms with van der Waals surface area (Å²) in [6.45, 7) is 3.19. The molecule has 8 heteroatoms. The number of anilines is 1. The number of piperidine rings is 1. The maximum absolute atomic E-state index is 12.2. The lowest BCUT2D eigenvalue weighted by Crippen LogP contribution is -2.35. The Kier molecular flexibility index (Phi) is 10.0. The number of nitrogens with one attached hydrogen (secondary N) is 1. The first-order valence-corrected chi connectivity index (χ1v) is 13.8. The second-order valence-electron chi connectivity index (χ2n) is 9.04. The van der Waals surface area contributed by atoms with Gasteiger partial charge in [0.2, 0.25) is 0 Å². The minimum Gasteiger partial charge on any atom is -0.385 e. The first kappa shape index (κ1) is 26.5. The van der Waals surface area contributed by atoms with E-state index in [1.807, 2.05) is 30.3 Å². The average Bonchev–Trinajstić information content (AvgIpc) is 2.91.